The van der Waals surface area contributed by atoms with Crippen molar-refractivity contribution in [2.45, 2.75) is 34.6 Å². The first-order chi connectivity index (χ1) is 11.6. The zero-order chi connectivity index (χ0) is 17.3. The summed E-state index contributed by atoms with van der Waals surface area (Å²) in [6.45, 7) is 13.3. The summed E-state index contributed by atoms with van der Waals surface area (Å²) < 4.78 is 6.17. The second kappa shape index (κ2) is 6.63. The van der Waals surface area contributed by atoms with Crippen LogP contribution in [0.15, 0.2) is 33.7 Å². The summed E-state index contributed by atoms with van der Waals surface area (Å²) in [6.07, 6.45) is 0. The van der Waals surface area contributed by atoms with E-state index in [4.69, 9.17) is 9.40 Å². The molecule has 24 heavy (non-hydrogen) atoms. The molecule has 0 saturated heterocycles. The van der Waals surface area contributed by atoms with Crippen LogP contribution >= 0.6 is 0 Å². The highest BCUT2D eigenvalue weighted by Crippen LogP contribution is 2.30. The van der Waals surface area contributed by atoms with Crippen molar-refractivity contribution in [2.24, 2.45) is 4.99 Å². The van der Waals surface area contributed by atoms with E-state index in [2.05, 4.69) is 55.8 Å². The molecule has 0 atom stereocenters. The summed E-state index contributed by atoms with van der Waals surface area (Å²) in [7, 11) is 0. The summed E-state index contributed by atoms with van der Waals surface area (Å²) in [6, 6.07) is 8.28. The SMILES string of the molecule is CCN=c1cc2oc3cc(N(CC)CC)c(C)cc3nc-2cc1C. The molecule has 1 aliphatic heterocycles. The van der Waals surface area contributed by atoms with E-state index in [0.29, 0.717) is 0 Å². The minimum absolute atomic E-state index is 0.763. The summed E-state index contributed by atoms with van der Waals surface area (Å²) in [5, 5.41) is 0.978. The van der Waals surface area contributed by atoms with Crippen LogP contribution in [0.4, 0.5) is 5.69 Å². The zero-order valence-corrected chi connectivity index (χ0v) is 15.2. The van der Waals surface area contributed by atoms with Crippen LogP contribution in [0, 0.1) is 13.8 Å². The van der Waals surface area contributed by atoms with Crippen molar-refractivity contribution in [2.75, 3.05) is 24.5 Å². The molecular weight excluding hydrogens is 298 g/mol. The van der Waals surface area contributed by atoms with Gasteiger partial charge in [0.15, 0.2) is 11.3 Å². The van der Waals surface area contributed by atoms with E-state index >= 15 is 0 Å². The highest BCUT2D eigenvalue weighted by Gasteiger charge is 2.14. The van der Waals surface area contributed by atoms with Crippen molar-refractivity contribution in [3.05, 3.63) is 40.7 Å². The zero-order valence-electron chi connectivity index (χ0n) is 15.2. The van der Waals surface area contributed by atoms with E-state index in [1.54, 1.807) is 0 Å². The van der Waals surface area contributed by atoms with E-state index in [9.17, 15) is 0 Å². The normalized spacial score (nSPS) is 12.3. The third-order valence-electron chi connectivity index (χ3n) is 4.45. The summed E-state index contributed by atoms with van der Waals surface area (Å²) in [5.74, 6) is 0.787. The number of fused-ring (bicyclic) bond motifs is 2. The molecule has 0 fully saturated rings. The van der Waals surface area contributed by atoms with Crippen molar-refractivity contribution in [1.29, 1.82) is 0 Å². The molecule has 1 heterocycles. The third-order valence-corrected chi connectivity index (χ3v) is 4.45. The van der Waals surface area contributed by atoms with Gasteiger partial charge in [-0.25, -0.2) is 4.98 Å². The summed E-state index contributed by atoms with van der Waals surface area (Å²) in [4.78, 5) is 11.7. The molecule has 0 bridgehead atoms. The van der Waals surface area contributed by atoms with Crippen molar-refractivity contribution in [1.82, 2.24) is 4.98 Å². The van der Waals surface area contributed by atoms with Crippen LogP contribution in [-0.2, 0) is 0 Å². The van der Waals surface area contributed by atoms with E-state index in [0.717, 1.165) is 53.1 Å². The lowest BCUT2D eigenvalue weighted by Gasteiger charge is -2.23. The molecule has 3 rings (SSSR count). The van der Waals surface area contributed by atoms with Crippen molar-refractivity contribution in [3.8, 4) is 11.5 Å². The fourth-order valence-electron chi connectivity index (χ4n) is 3.16. The number of hydrogen-bond acceptors (Lipinski definition) is 4. The van der Waals surface area contributed by atoms with Gasteiger partial charge in [0, 0.05) is 37.5 Å². The molecule has 0 N–H and O–H groups in total. The van der Waals surface area contributed by atoms with E-state index in [1.165, 1.54) is 11.3 Å². The smallest absolute Gasteiger partial charge is 0.155 e. The Kier molecular flexibility index (Phi) is 4.56. The Bertz CT molecular complexity index is 907. The van der Waals surface area contributed by atoms with Gasteiger partial charge in [0.1, 0.15) is 11.2 Å². The van der Waals surface area contributed by atoms with Gasteiger partial charge < -0.3 is 9.32 Å². The number of anilines is 1. The first-order valence-electron chi connectivity index (χ1n) is 8.68. The maximum absolute atomic E-state index is 6.17. The average molecular weight is 323 g/mol. The maximum atomic E-state index is 6.17. The van der Waals surface area contributed by atoms with Crippen LogP contribution in [0.2, 0.25) is 0 Å². The predicted octanol–water partition coefficient (Wildman–Crippen LogP) is 4.32. The summed E-state index contributed by atoms with van der Waals surface area (Å²) >= 11 is 0. The van der Waals surface area contributed by atoms with Gasteiger partial charge in [0.2, 0.25) is 0 Å². The number of nitrogens with zero attached hydrogens (tertiary/aromatic N) is 3. The van der Waals surface area contributed by atoms with Gasteiger partial charge in [0.05, 0.1) is 5.36 Å². The van der Waals surface area contributed by atoms with E-state index in [1.807, 2.05) is 13.0 Å². The molecular formula is C20H25N3O. The minimum atomic E-state index is 0.763. The van der Waals surface area contributed by atoms with Gasteiger partial charge in [-0.15, -0.1) is 0 Å². The number of benzene rings is 2. The van der Waals surface area contributed by atoms with Gasteiger partial charge in [-0.1, -0.05) is 0 Å². The van der Waals surface area contributed by atoms with Crippen LogP contribution in [0.3, 0.4) is 0 Å². The van der Waals surface area contributed by atoms with Gasteiger partial charge >= 0.3 is 0 Å². The molecule has 1 aromatic rings. The molecule has 126 valence electrons. The highest BCUT2D eigenvalue weighted by molar-refractivity contribution is 5.82. The Balaban J connectivity index is 2.26. The van der Waals surface area contributed by atoms with Gasteiger partial charge in [-0.2, -0.15) is 0 Å². The molecule has 0 amide bonds. The first kappa shape index (κ1) is 16.5. The molecule has 0 radical (unpaired) electrons. The molecule has 4 nitrogen and oxygen atoms in total. The Morgan fingerprint density at radius 2 is 1.75 bits per heavy atom. The molecule has 1 aromatic carbocycles. The molecule has 0 spiro atoms. The van der Waals surface area contributed by atoms with Crippen LogP contribution in [0.25, 0.3) is 22.6 Å². The lowest BCUT2D eigenvalue weighted by Crippen LogP contribution is -2.22. The number of aryl methyl sites for hydroxylation is 2. The summed E-state index contributed by atoms with van der Waals surface area (Å²) in [5.41, 5.74) is 6.16. The predicted molar refractivity (Wildman–Crippen MR) is 99.8 cm³/mol. The number of hydrogen-bond donors (Lipinski definition) is 0. The van der Waals surface area contributed by atoms with Crippen LogP contribution in [-0.4, -0.2) is 24.6 Å². The van der Waals surface area contributed by atoms with Gasteiger partial charge in [-0.05, 0) is 57.9 Å². The fourth-order valence-corrected chi connectivity index (χ4v) is 3.16. The lowest BCUT2D eigenvalue weighted by molar-refractivity contribution is 0.611. The van der Waals surface area contributed by atoms with Crippen molar-refractivity contribution < 1.29 is 4.42 Å². The monoisotopic (exact) mass is 323 g/mol. The molecule has 0 aromatic heterocycles. The van der Waals surface area contributed by atoms with Crippen LogP contribution in [0.1, 0.15) is 31.9 Å². The average Bonchev–Trinajstić information content (AvgIpc) is 2.56. The minimum Gasteiger partial charge on any atom is -0.453 e. The Hall–Kier alpha value is -2.36. The Labute approximate surface area is 143 Å². The Morgan fingerprint density at radius 1 is 1.00 bits per heavy atom. The molecule has 2 aliphatic rings. The number of aromatic nitrogens is 1. The number of rotatable bonds is 4. The first-order valence-corrected chi connectivity index (χ1v) is 8.68. The topological polar surface area (TPSA) is 41.6 Å². The second-order valence-electron chi connectivity index (χ2n) is 6.07. The van der Waals surface area contributed by atoms with E-state index < -0.39 is 0 Å². The van der Waals surface area contributed by atoms with Crippen LogP contribution in [0.5, 0.6) is 0 Å². The van der Waals surface area contributed by atoms with Crippen molar-refractivity contribution >= 4 is 16.8 Å². The van der Waals surface area contributed by atoms with Gasteiger partial charge in [-0.3, -0.25) is 4.99 Å². The second-order valence-corrected chi connectivity index (χ2v) is 6.07. The molecule has 0 unspecified atom stereocenters. The van der Waals surface area contributed by atoms with E-state index in [-0.39, 0.29) is 0 Å². The molecule has 0 saturated carbocycles. The van der Waals surface area contributed by atoms with Crippen LogP contribution < -0.4 is 10.3 Å². The van der Waals surface area contributed by atoms with Crippen molar-refractivity contribution in [3.63, 3.8) is 0 Å². The molecule has 1 aliphatic carbocycles. The highest BCUT2D eigenvalue weighted by atomic mass is 16.3. The lowest BCUT2D eigenvalue weighted by atomic mass is 10.1. The van der Waals surface area contributed by atoms with Gasteiger partial charge in [0.25, 0.3) is 0 Å². The third kappa shape index (κ3) is 2.88. The standard InChI is InChI=1S/C20H25N3O/c1-6-21-15-11-19-16(9-13(15)4)22-17-10-14(5)18(12-20(17)24-19)23(7-2)8-3/h9-12H,6-8H2,1-5H3. The molecule has 4 heteroatoms. The fraction of sp³-hybridized carbons (Fsp3) is 0.400. The largest absolute Gasteiger partial charge is 0.453 e. The Morgan fingerprint density at radius 3 is 2.42 bits per heavy atom. The maximum Gasteiger partial charge on any atom is 0.155 e. The quantitative estimate of drug-likeness (QED) is 0.672.